The maximum absolute atomic E-state index is 14.6. The second-order valence-corrected chi connectivity index (χ2v) is 9.91. The fourth-order valence-electron chi connectivity index (χ4n) is 4.66. The first-order valence-electron chi connectivity index (χ1n) is 12.9. The number of imidazole rings is 1. The molecule has 0 bridgehead atoms. The van der Waals surface area contributed by atoms with E-state index in [0.29, 0.717) is 11.5 Å². The summed E-state index contributed by atoms with van der Waals surface area (Å²) in [7, 11) is 4.02. The monoisotopic (exact) mass is 511 g/mol. The molecule has 0 aliphatic carbocycles. The van der Waals surface area contributed by atoms with Crippen LogP contribution < -0.4 is 21.2 Å². The molecule has 0 saturated carbocycles. The lowest BCUT2D eigenvalue weighted by atomic mass is 10.0. The lowest BCUT2D eigenvalue weighted by Gasteiger charge is -2.13. The van der Waals surface area contributed by atoms with E-state index >= 15 is 0 Å². The van der Waals surface area contributed by atoms with Crippen molar-refractivity contribution >= 4 is 29.4 Å². The van der Waals surface area contributed by atoms with E-state index in [-0.39, 0.29) is 5.82 Å². The highest BCUT2D eigenvalue weighted by Gasteiger charge is 2.14. The minimum Gasteiger partial charge on any atom is -0.384 e. The van der Waals surface area contributed by atoms with Gasteiger partial charge in [-0.05, 0) is 81.0 Å². The number of rotatable bonds is 8. The minimum absolute atomic E-state index is 0.293. The second kappa shape index (κ2) is 11.2. The van der Waals surface area contributed by atoms with Crippen molar-refractivity contribution in [2.45, 2.75) is 13.3 Å². The van der Waals surface area contributed by atoms with E-state index in [1.165, 1.54) is 17.2 Å². The minimum atomic E-state index is -0.293. The van der Waals surface area contributed by atoms with Crippen molar-refractivity contribution in [2.24, 2.45) is 0 Å². The van der Waals surface area contributed by atoms with E-state index in [9.17, 15) is 4.39 Å². The van der Waals surface area contributed by atoms with Crippen molar-refractivity contribution in [2.75, 3.05) is 45.6 Å². The Morgan fingerprint density at radius 3 is 2.89 bits per heavy atom. The van der Waals surface area contributed by atoms with Gasteiger partial charge in [0.25, 0.3) is 0 Å². The molecule has 196 valence electrons. The molecule has 0 unspecified atom stereocenters. The maximum Gasteiger partial charge on any atom is 0.159 e. The van der Waals surface area contributed by atoms with Crippen molar-refractivity contribution in [3.63, 3.8) is 0 Å². The zero-order valence-electron chi connectivity index (χ0n) is 22.2. The SMILES string of the molecule is C=c1c(-c2nc3c(-c4cc(F)cc(NCCN(C)C)c4)cccc3[nH]2)n[nH]/c1=C/C=C(\C)C1=CCNCC1. The quantitative estimate of drug-likeness (QED) is 0.289. The van der Waals surface area contributed by atoms with Gasteiger partial charge in [0.05, 0.1) is 16.4 Å². The molecule has 5 rings (SSSR count). The van der Waals surface area contributed by atoms with Crippen LogP contribution in [0, 0.1) is 5.82 Å². The second-order valence-electron chi connectivity index (χ2n) is 9.91. The maximum atomic E-state index is 14.6. The molecule has 4 aromatic rings. The van der Waals surface area contributed by atoms with Crippen LogP contribution in [0.2, 0.25) is 0 Å². The van der Waals surface area contributed by atoms with Gasteiger partial charge >= 0.3 is 0 Å². The van der Waals surface area contributed by atoms with Crippen LogP contribution in [0.25, 0.3) is 46.3 Å². The van der Waals surface area contributed by atoms with Gasteiger partial charge in [0.15, 0.2) is 5.82 Å². The summed E-state index contributed by atoms with van der Waals surface area (Å²) >= 11 is 0. The molecule has 0 spiro atoms. The van der Waals surface area contributed by atoms with E-state index < -0.39 is 0 Å². The van der Waals surface area contributed by atoms with Gasteiger partial charge in [0, 0.05) is 36.1 Å². The predicted molar refractivity (Wildman–Crippen MR) is 155 cm³/mol. The number of anilines is 1. The fraction of sp³-hybridized carbons (Fsp3) is 0.267. The summed E-state index contributed by atoms with van der Waals surface area (Å²) in [6, 6.07) is 10.9. The number of H-pyrrole nitrogens is 2. The fourth-order valence-corrected chi connectivity index (χ4v) is 4.66. The van der Waals surface area contributed by atoms with Crippen LogP contribution in [0.5, 0.6) is 0 Å². The number of hydrogen-bond acceptors (Lipinski definition) is 5. The Morgan fingerprint density at radius 2 is 2.11 bits per heavy atom. The van der Waals surface area contributed by atoms with Crippen LogP contribution in [0.1, 0.15) is 13.3 Å². The van der Waals surface area contributed by atoms with E-state index in [0.717, 1.165) is 71.0 Å². The van der Waals surface area contributed by atoms with E-state index in [1.54, 1.807) is 6.07 Å². The zero-order chi connectivity index (χ0) is 26.6. The van der Waals surface area contributed by atoms with Gasteiger partial charge in [-0.25, -0.2) is 9.37 Å². The first-order chi connectivity index (χ1) is 18.4. The lowest BCUT2D eigenvalue weighted by Crippen LogP contribution is -2.22. The van der Waals surface area contributed by atoms with E-state index in [2.05, 4.69) is 56.4 Å². The number of aromatic amines is 2. The average Bonchev–Trinajstić information content (AvgIpc) is 3.50. The van der Waals surface area contributed by atoms with Crippen molar-refractivity contribution in [1.82, 2.24) is 30.4 Å². The normalized spacial score (nSPS) is 14.9. The third-order valence-electron chi connectivity index (χ3n) is 6.80. The summed E-state index contributed by atoms with van der Waals surface area (Å²) in [5, 5.41) is 15.9. The smallest absolute Gasteiger partial charge is 0.159 e. The Morgan fingerprint density at radius 1 is 1.24 bits per heavy atom. The topological polar surface area (TPSA) is 84.7 Å². The van der Waals surface area contributed by atoms with Crippen LogP contribution in [0.4, 0.5) is 10.1 Å². The number of benzene rings is 2. The van der Waals surface area contributed by atoms with Gasteiger partial charge in [-0.15, -0.1) is 0 Å². The first kappa shape index (κ1) is 25.6. The van der Waals surface area contributed by atoms with Gasteiger partial charge in [-0.3, -0.25) is 5.10 Å². The standard InChI is InChI=1S/C30H34FN7/c1-19(21-10-12-32-13-11-21)8-9-26-20(2)28(37-36-26)30-34-27-7-5-6-25(29(27)35-30)22-16-23(31)18-24(17-22)33-14-15-38(3)4/h5-10,16-18,32-33,36H,2,11-15H2,1,3-4H3,(H,34,35)/b19-8+,26-9+. The molecule has 7 nitrogen and oxygen atoms in total. The molecule has 8 heteroatoms. The molecule has 1 aliphatic rings. The Balaban J connectivity index is 1.47. The van der Waals surface area contributed by atoms with Crippen molar-refractivity contribution in [1.29, 1.82) is 0 Å². The van der Waals surface area contributed by atoms with Crippen molar-refractivity contribution < 1.29 is 4.39 Å². The van der Waals surface area contributed by atoms with E-state index in [1.807, 2.05) is 44.4 Å². The lowest BCUT2D eigenvalue weighted by molar-refractivity contribution is 0.425. The molecule has 0 radical (unpaired) electrons. The number of para-hydroxylation sites is 1. The van der Waals surface area contributed by atoms with Crippen LogP contribution in [-0.2, 0) is 0 Å². The number of nitrogens with one attached hydrogen (secondary N) is 4. The van der Waals surface area contributed by atoms with Gasteiger partial charge in [-0.2, -0.15) is 5.10 Å². The highest BCUT2D eigenvalue weighted by atomic mass is 19.1. The Bertz CT molecular complexity index is 1620. The number of fused-ring (bicyclic) bond motifs is 1. The third kappa shape index (κ3) is 5.61. The zero-order valence-corrected chi connectivity index (χ0v) is 22.2. The molecule has 0 saturated heterocycles. The number of hydrogen-bond donors (Lipinski definition) is 4. The van der Waals surface area contributed by atoms with Crippen molar-refractivity contribution in [3.05, 3.63) is 76.1 Å². The molecular weight excluding hydrogens is 477 g/mol. The highest BCUT2D eigenvalue weighted by Crippen LogP contribution is 2.31. The van der Waals surface area contributed by atoms with Crippen LogP contribution in [-0.4, -0.2) is 65.3 Å². The molecular formula is C30H34FN7. The molecule has 2 aromatic heterocycles. The largest absolute Gasteiger partial charge is 0.384 e. The first-order valence-corrected chi connectivity index (χ1v) is 12.9. The molecule has 0 fully saturated rings. The van der Waals surface area contributed by atoms with Gasteiger partial charge in [0.2, 0.25) is 0 Å². The molecule has 2 aromatic carbocycles. The van der Waals surface area contributed by atoms with Gasteiger partial charge < -0.3 is 20.5 Å². The van der Waals surface area contributed by atoms with Gasteiger partial charge in [0.1, 0.15) is 11.5 Å². The number of aromatic nitrogens is 4. The molecule has 0 amide bonds. The van der Waals surface area contributed by atoms with Crippen LogP contribution in [0.3, 0.4) is 0 Å². The molecule has 0 atom stereocenters. The Kier molecular flexibility index (Phi) is 7.53. The Labute approximate surface area is 221 Å². The number of allylic oxidation sites excluding steroid dienone is 2. The summed E-state index contributed by atoms with van der Waals surface area (Å²) in [6.45, 7) is 9.88. The summed E-state index contributed by atoms with van der Waals surface area (Å²) in [5.74, 6) is 0.328. The molecule has 4 N–H and O–H groups in total. The summed E-state index contributed by atoms with van der Waals surface area (Å²) in [4.78, 5) is 10.3. The number of likely N-dealkylation sites (N-methyl/N-ethyl adjacent to an activating group) is 1. The van der Waals surface area contributed by atoms with Gasteiger partial charge in [-0.1, -0.05) is 30.9 Å². The summed E-state index contributed by atoms with van der Waals surface area (Å²) in [6.07, 6.45) is 7.39. The van der Waals surface area contributed by atoms with Crippen LogP contribution >= 0.6 is 0 Å². The van der Waals surface area contributed by atoms with Crippen LogP contribution in [0.15, 0.2) is 59.7 Å². The average molecular weight is 512 g/mol. The molecule has 38 heavy (non-hydrogen) atoms. The molecule has 3 heterocycles. The third-order valence-corrected chi connectivity index (χ3v) is 6.80. The van der Waals surface area contributed by atoms with E-state index in [4.69, 9.17) is 4.98 Å². The summed E-state index contributed by atoms with van der Waals surface area (Å²) < 4.78 is 14.6. The molecule has 1 aliphatic heterocycles. The summed E-state index contributed by atoms with van der Waals surface area (Å²) in [5.41, 5.74) is 7.23. The van der Waals surface area contributed by atoms with Crippen molar-refractivity contribution in [3.8, 4) is 22.6 Å². The highest BCUT2D eigenvalue weighted by molar-refractivity contribution is 5.94. The number of halogens is 1. The predicted octanol–water partition coefficient (Wildman–Crippen LogP) is 3.79. The number of nitrogens with zero attached hydrogens (tertiary/aromatic N) is 3. The Hall–Kier alpha value is -4.01.